The zero-order valence-electron chi connectivity index (χ0n) is 44.0. The van der Waals surface area contributed by atoms with Crippen LogP contribution in [0.5, 0.6) is 0 Å². The van der Waals surface area contributed by atoms with Crippen LogP contribution in [0, 0.1) is 0 Å². The summed E-state index contributed by atoms with van der Waals surface area (Å²) in [6, 6.07) is 99.6. The van der Waals surface area contributed by atoms with Gasteiger partial charge in [0.25, 0.3) is 0 Å². The first-order valence-electron chi connectivity index (χ1n) is 27.8. The van der Waals surface area contributed by atoms with Gasteiger partial charge in [-0.15, -0.1) is 11.3 Å². The predicted octanol–water partition coefficient (Wildman–Crippen LogP) is 19.4. The number of fused-ring (bicyclic) bond motifs is 14. The first kappa shape index (κ1) is 45.1. The number of para-hydroxylation sites is 12. The van der Waals surface area contributed by atoms with Gasteiger partial charge in [0.1, 0.15) is 10.8 Å². The van der Waals surface area contributed by atoms with E-state index in [1.165, 1.54) is 0 Å². The molecule has 0 atom stereocenters. The van der Waals surface area contributed by atoms with Crippen LogP contribution in [0.2, 0.25) is 0 Å². The van der Waals surface area contributed by atoms with Crippen LogP contribution >= 0.6 is 11.3 Å². The maximum absolute atomic E-state index is 6.02. The van der Waals surface area contributed by atoms with Crippen molar-refractivity contribution in [3.63, 3.8) is 0 Å². The SMILES string of the molecule is c1ccc(-n2c(-c3c(-c4nc5ccccc5s4)c(-n4c5ccccc5c5ccccc54)c(-n4c5ccccc5c5ccccc54)c(-n4c5ccccc5c5ccccc54)c3-n3c4ccccc4c4ccccc43)nc3ccccc32)cc1. The Bertz CT molecular complexity index is 5420. The second-order valence-corrected chi connectivity index (χ2v) is 22.2. The summed E-state index contributed by atoms with van der Waals surface area (Å²) in [6.45, 7) is 0. The Hall–Kier alpha value is -10.8. The normalized spacial score (nSPS) is 12.1. The molecule has 18 aromatic rings. The van der Waals surface area contributed by atoms with E-state index in [0.717, 1.165) is 159 Å². The number of imidazole rings is 1. The van der Waals surface area contributed by atoms with Crippen molar-refractivity contribution in [1.82, 2.24) is 32.8 Å². The molecule has 82 heavy (non-hydrogen) atoms. The molecule has 0 spiro atoms. The fraction of sp³-hybridized carbons (Fsp3) is 0. The van der Waals surface area contributed by atoms with E-state index in [1.807, 2.05) is 0 Å². The predicted molar refractivity (Wildman–Crippen MR) is 342 cm³/mol. The average Bonchev–Trinajstić information content (AvgIpc) is 2.23. The van der Waals surface area contributed by atoms with Crippen molar-refractivity contribution in [1.29, 1.82) is 0 Å². The third kappa shape index (κ3) is 6.24. The highest BCUT2D eigenvalue weighted by atomic mass is 32.1. The van der Waals surface area contributed by atoms with Gasteiger partial charge in [0.05, 0.1) is 93.7 Å². The third-order valence-electron chi connectivity index (χ3n) is 16.9. The highest BCUT2D eigenvalue weighted by molar-refractivity contribution is 7.21. The molecule has 0 aliphatic rings. The van der Waals surface area contributed by atoms with Crippen LogP contribution < -0.4 is 0 Å². The van der Waals surface area contributed by atoms with Crippen molar-refractivity contribution in [2.45, 2.75) is 0 Å². The molecule has 0 fully saturated rings. The Morgan fingerprint density at radius 2 is 0.537 bits per heavy atom. The lowest BCUT2D eigenvalue weighted by molar-refractivity contribution is 1.01. The molecule has 382 valence electrons. The monoisotopic (exact) mass is 1060 g/mol. The average molecular weight is 1060 g/mol. The zero-order chi connectivity index (χ0) is 53.6. The molecule has 0 N–H and O–H groups in total. The summed E-state index contributed by atoms with van der Waals surface area (Å²) in [5.41, 5.74) is 18.2. The van der Waals surface area contributed by atoms with Crippen molar-refractivity contribution in [3.8, 4) is 50.4 Å². The van der Waals surface area contributed by atoms with E-state index < -0.39 is 0 Å². The molecular weight excluding hydrogens is 1020 g/mol. The summed E-state index contributed by atoms with van der Waals surface area (Å²) in [5, 5.41) is 10.1. The number of thiazole rings is 1. The van der Waals surface area contributed by atoms with Crippen LogP contribution in [0.3, 0.4) is 0 Å². The largest absolute Gasteiger partial charge is 0.306 e. The Morgan fingerprint density at radius 1 is 0.232 bits per heavy atom. The fourth-order valence-corrected chi connectivity index (χ4v) is 14.7. The van der Waals surface area contributed by atoms with Gasteiger partial charge in [-0.1, -0.05) is 188 Å². The number of nitrogens with zero attached hydrogens (tertiary/aromatic N) is 7. The molecule has 0 saturated heterocycles. The number of rotatable bonds is 7. The maximum atomic E-state index is 6.02. The second kappa shape index (κ2) is 17.3. The van der Waals surface area contributed by atoms with E-state index in [9.17, 15) is 0 Å². The summed E-state index contributed by atoms with van der Waals surface area (Å²) in [5.74, 6) is 0.788. The highest BCUT2D eigenvalue weighted by Crippen LogP contribution is 2.55. The number of benzene rings is 12. The van der Waals surface area contributed by atoms with E-state index in [0.29, 0.717) is 0 Å². The molecular formula is C74H45N7S. The molecule has 8 heteroatoms. The third-order valence-corrected chi connectivity index (χ3v) is 18.0. The van der Waals surface area contributed by atoms with Gasteiger partial charge in [-0.05, 0) is 84.9 Å². The Kier molecular flexibility index (Phi) is 9.54. The second-order valence-electron chi connectivity index (χ2n) is 21.2. The van der Waals surface area contributed by atoms with Crippen LogP contribution in [0.15, 0.2) is 273 Å². The first-order valence-corrected chi connectivity index (χ1v) is 28.7. The van der Waals surface area contributed by atoms with Crippen LogP contribution in [-0.4, -0.2) is 32.8 Å². The van der Waals surface area contributed by atoms with E-state index in [2.05, 4.69) is 296 Å². The molecule has 6 heterocycles. The van der Waals surface area contributed by atoms with Crippen molar-refractivity contribution >= 4 is 120 Å². The van der Waals surface area contributed by atoms with Crippen LogP contribution in [0.25, 0.3) is 159 Å². The minimum Gasteiger partial charge on any atom is -0.306 e. The Morgan fingerprint density at radius 3 is 0.927 bits per heavy atom. The van der Waals surface area contributed by atoms with Crippen molar-refractivity contribution in [2.75, 3.05) is 0 Å². The van der Waals surface area contributed by atoms with Crippen molar-refractivity contribution < 1.29 is 0 Å². The summed E-state index contributed by atoms with van der Waals surface area (Å²) in [6.07, 6.45) is 0. The van der Waals surface area contributed by atoms with E-state index in [-0.39, 0.29) is 0 Å². The number of hydrogen-bond acceptors (Lipinski definition) is 3. The summed E-state index contributed by atoms with van der Waals surface area (Å²) in [4.78, 5) is 11.9. The van der Waals surface area contributed by atoms with Gasteiger partial charge in [0.2, 0.25) is 0 Å². The van der Waals surface area contributed by atoms with Gasteiger partial charge in [0, 0.05) is 54.3 Å². The topological polar surface area (TPSA) is 50.4 Å². The van der Waals surface area contributed by atoms with Gasteiger partial charge in [0.15, 0.2) is 0 Å². The maximum Gasteiger partial charge on any atom is 0.148 e. The lowest BCUT2D eigenvalue weighted by Crippen LogP contribution is -2.17. The van der Waals surface area contributed by atoms with Crippen LogP contribution in [0.4, 0.5) is 0 Å². The standard InChI is InChI=1S/C74H45N7S/c1-2-24-46(25-3-1)77-65-44-22-12-34-55(65)75-73(77)67-68(74-76-56-35-13-23-45-66(56)82-74)70(79-59-38-16-6-28-49(59)50-29-7-17-39-60(50)79)72(81-63-42-20-10-32-53(63)54-33-11-21-43-64(54)81)71(80-61-40-18-8-30-51(61)52-31-9-19-41-62(52)80)69(67)78-57-36-14-4-26-47(57)48-27-5-15-37-58(48)78/h1-45H. The quantitative estimate of drug-likeness (QED) is 0.160. The lowest BCUT2D eigenvalue weighted by atomic mass is 9.96. The summed E-state index contributed by atoms with van der Waals surface area (Å²) >= 11 is 1.74. The Balaban J connectivity index is 1.25. The van der Waals surface area contributed by atoms with Gasteiger partial charge in [-0.3, -0.25) is 4.57 Å². The number of hydrogen-bond donors (Lipinski definition) is 0. The molecule has 0 unspecified atom stereocenters. The van der Waals surface area contributed by atoms with Crippen molar-refractivity contribution in [2.24, 2.45) is 0 Å². The molecule has 0 saturated carbocycles. The smallest absolute Gasteiger partial charge is 0.148 e. The first-order chi connectivity index (χ1) is 40.8. The minimum atomic E-state index is 0.788. The minimum absolute atomic E-state index is 0.788. The van der Waals surface area contributed by atoms with Gasteiger partial charge in [-0.25, -0.2) is 9.97 Å². The molecule has 12 aromatic carbocycles. The molecule has 0 aliphatic heterocycles. The molecule has 0 radical (unpaired) electrons. The van der Waals surface area contributed by atoms with E-state index >= 15 is 0 Å². The highest BCUT2D eigenvalue weighted by Gasteiger charge is 2.38. The molecule has 7 nitrogen and oxygen atoms in total. The van der Waals surface area contributed by atoms with E-state index in [1.54, 1.807) is 11.3 Å². The van der Waals surface area contributed by atoms with E-state index in [4.69, 9.17) is 9.97 Å². The zero-order valence-corrected chi connectivity index (χ0v) is 44.8. The fourth-order valence-electron chi connectivity index (χ4n) is 13.6. The molecule has 18 rings (SSSR count). The molecule has 6 aromatic heterocycles. The lowest BCUT2D eigenvalue weighted by Gasteiger charge is -2.30. The number of aromatic nitrogens is 7. The molecule has 0 aliphatic carbocycles. The summed E-state index contributed by atoms with van der Waals surface area (Å²) in [7, 11) is 0. The summed E-state index contributed by atoms with van der Waals surface area (Å²) < 4.78 is 13.8. The van der Waals surface area contributed by atoms with Gasteiger partial charge in [-0.2, -0.15) is 0 Å². The van der Waals surface area contributed by atoms with Gasteiger partial charge < -0.3 is 18.3 Å². The van der Waals surface area contributed by atoms with Crippen molar-refractivity contribution in [3.05, 3.63) is 273 Å². The van der Waals surface area contributed by atoms with Gasteiger partial charge >= 0.3 is 0 Å². The van der Waals surface area contributed by atoms with Crippen LogP contribution in [0.1, 0.15) is 0 Å². The van der Waals surface area contributed by atoms with Crippen LogP contribution in [-0.2, 0) is 0 Å². The molecule has 0 bridgehead atoms. The Labute approximate surface area is 473 Å². The molecule has 0 amide bonds.